The van der Waals surface area contributed by atoms with Crippen molar-refractivity contribution in [1.82, 2.24) is 0 Å². The summed E-state index contributed by atoms with van der Waals surface area (Å²) in [6, 6.07) is 0. The van der Waals surface area contributed by atoms with Crippen molar-refractivity contribution >= 4 is 11.9 Å². The van der Waals surface area contributed by atoms with Crippen molar-refractivity contribution in [2.24, 2.45) is 5.92 Å². The van der Waals surface area contributed by atoms with E-state index in [1.54, 1.807) is 0 Å². The highest BCUT2D eigenvalue weighted by Crippen LogP contribution is 2.32. The maximum absolute atomic E-state index is 12.1. The zero-order valence-electron chi connectivity index (χ0n) is 16.2. The normalized spacial score (nSPS) is 24.4. The molecule has 5 nitrogen and oxygen atoms in total. The van der Waals surface area contributed by atoms with Crippen LogP contribution in [0.1, 0.15) is 52.4 Å². The van der Waals surface area contributed by atoms with E-state index >= 15 is 0 Å². The highest BCUT2D eigenvalue weighted by atomic mass is 16.6. The molecule has 0 spiro atoms. The SMILES string of the molecule is COC(=O)C1=CCCC2OC2CCC(C(=O)OC)=CC=C(C(C)C)CC1. The predicted octanol–water partition coefficient (Wildman–Crippen LogP) is 3.89. The van der Waals surface area contributed by atoms with E-state index in [1.807, 2.05) is 18.2 Å². The summed E-state index contributed by atoms with van der Waals surface area (Å²) in [7, 11) is 2.82. The Labute approximate surface area is 156 Å². The summed E-state index contributed by atoms with van der Waals surface area (Å²) in [6.45, 7) is 4.23. The number of carbonyl (C=O) groups excluding carboxylic acids is 2. The first-order valence-corrected chi connectivity index (χ1v) is 9.37. The van der Waals surface area contributed by atoms with E-state index in [0.29, 0.717) is 29.9 Å². The molecule has 5 heteroatoms. The van der Waals surface area contributed by atoms with Gasteiger partial charge in [0.05, 0.1) is 26.4 Å². The summed E-state index contributed by atoms with van der Waals surface area (Å²) in [5.74, 6) is -0.226. The number of rotatable bonds is 3. The predicted molar refractivity (Wildman–Crippen MR) is 99.5 cm³/mol. The minimum absolute atomic E-state index is 0.189. The second-order valence-electron chi connectivity index (χ2n) is 7.13. The monoisotopic (exact) mass is 362 g/mol. The zero-order chi connectivity index (χ0) is 19.1. The standard InChI is InChI=1S/C21H30O5/c1-14(2)15-8-10-16(20(22)24-3)6-5-7-18-19(26-18)13-12-17(11-9-15)21(23)25-4/h6,9,11,14,18-19H,5,7-8,10,12-13H2,1-4H3. The molecule has 2 unspecified atom stereocenters. The first-order chi connectivity index (χ1) is 12.5. The fourth-order valence-corrected chi connectivity index (χ4v) is 3.26. The van der Waals surface area contributed by atoms with Crippen molar-refractivity contribution in [3.8, 4) is 0 Å². The van der Waals surface area contributed by atoms with Gasteiger partial charge in [-0.25, -0.2) is 9.59 Å². The minimum Gasteiger partial charge on any atom is -0.466 e. The van der Waals surface area contributed by atoms with Crippen LogP contribution in [0.15, 0.2) is 34.9 Å². The Hall–Kier alpha value is -1.88. The number of esters is 2. The number of epoxide rings is 1. The van der Waals surface area contributed by atoms with Crippen LogP contribution in [0.3, 0.4) is 0 Å². The molecule has 26 heavy (non-hydrogen) atoms. The van der Waals surface area contributed by atoms with Gasteiger partial charge in [-0.05, 0) is 44.4 Å². The van der Waals surface area contributed by atoms with E-state index in [2.05, 4.69) is 13.8 Å². The van der Waals surface area contributed by atoms with E-state index in [0.717, 1.165) is 25.7 Å². The lowest BCUT2D eigenvalue weighted by atomic mass is 9.93. The average Bonchev–Trinajstić information content (AvgIpc) is 3.38. The summed E-state index contributed by atoms with van der Waals surface area (Å²) in [6.07, 6.45) is 10.8. The first kappa shape index (κ1) is 20.4. The smallest absolute Gasteiger partial charge is 0.333 e. The van der Waals surface area contributed by atoms with Gasteiger partial charge in [0.15, 0.2) is 0 Å². The Morgan fingerprint density at radius 1 is 0.962 bits per heavy atom. The average molecular weight is 362 g/mol. The molecule has 0 bridgehead atoms. The van der Waals surface area contributed by atoms with Crippen LogP contribution in [-0.2, 0) is 23.8 Å². The molecular formula is C21H30O5. The van der Waals surface area contributed by atoms with E-state index in [9.17, 15) is 9.59 Å². The Morgan fingerprint density at radius 2 is 1.62 bits per heavy atom. The lowest BCUT2D eigenvalue weighted by Gasteiger charge is -2.13. The van der Waals surface area contributed by atoms with Gasteiger partial charge < -0.3 is 14.2 Å². The maximum Gasteiger partial charge on any atom is 0.333 e. The van der Waals surface area contributed by atoms with Crippen molar-refractivity contribution in [2.75, 3.05) is 14.2 Å². The van der Waals surface area contributed by atoms with E-state index in [-0.39, 0.29) is 24.1 Å². The molecule has 0 amide bonds. The fourth-order valence-electron chi connectivity index (χ4n) is 3.26. The van der Waals surface area contributed by atoms with Crippen molar-refractivity contribution in [3.63, 3.8) is 0 Å². The lowest BCUT2D eigenvalue weighted by Crippen LogP contribution is -2.08. The third-order valence-corrected chi connectivity index (χ3v) is 5.05. The molecule has 0 aromatic rings. The number of hydrogen-bond donors (Lipinski definition) is 0. The Balaban J connectivity index is 2.26. The third-order valence-electron chi connectivity index (χ3n) is 5.05. The van der Waals surface area contributed by atoms with Crippen LogP contribution in [-0.4, -0.2) is 38.4 Å². The van der Waals surface area contributed by atoms with Gasteiger partial charge in [-0.3, -0.25) is 0 Å². The van der Waals surface area contributed by atoms with Crippen LogP contribution in [0.4, 0.5) is 0 Å². The second kappa shape index (κ2) is 9.72. The van der Waals surface area contributed by atoms with Crippen LogP contribution in [0.25, 0.3) is 0 Å². The molecule has 1 aliphatic heterocycles. The number of hydrogen-bond acceptors (Lipinski definition) is 5. The van der Waals surface area contributed by atoms with Crippen molar-refractivity contribution < 1.29 is 23.8 Å². The zero-order valence-corrected chi connectivity index (χ0v) is 16.2. The lowest BCUT2D eigenvalue weighted by molar-refractivity contribution is -0.137. The summed E-state index contributed by atoms with van der Waals surface area (Å²) >= 11 is 0. The molecular weight excluding hydrogens is 332 g/mol. The van der Waals surface area contributed by atoms with Gasteiger partial charge >= 0.3 is 11.9 Å². The topological polar surface area (TPSA) is 65.1 Å². The molecule has 0 aromatic heterocycles. The number of ether oxygens (including phenoxy) is 3. The summed E-state index contributed by atoms with van der Waals surface area (Å²) in [4.78, 5) is 24.1. The molecule has 0 aromatic carbocycles. The first-order valence-electron chi connectivity index (χ1n) is 9.37. The molecule has 0 saturated carbocycles. The molecule has 144 valence electrons. The largest absolute Gasteiger partial charge is 0.466 e. The van der Waals surface area contributed by atoms with Gasteiger partial charge in [0.1, 0.15) is 0 Å². The van der Waals surface area contributed by atoms with E-state index < -0.39 is 0 Å². The van der Waals surface area contributed by atoms with Crippen LogP contribution in [0.5, 0.6) is 0 Å². The molecule has 2 atom stereocenters. The Morgan fingerprint density at radius 3 is 2.27 bits per heavy atom. The molecule has 2 rings (SSSR count). The Bertz CT molecular complexity index is 612. The number of fused-ring (bicyclic) bond motifs is 1. The van der Waals surface area contributed by atoms with Crippen LogP contribution in [0.2, 0.25) is 0 Å². The molecule has 2 aliphatic rings. The van der Waals surface area contributed by atoms with Crippen LogP contribution >= 0.6 is 0 Å². The second-order valence-corrected chi connectivity index (χ2v) is 7.13. The number of methoxy groups -OCH3 is 2. The van der Waals surface area contributed by atoms with E-state index in [4.69, 9.17) is 14.2 Å². The summed E-state index contributed by atoms with van der Waals surface area (Å²) < 4.78 is 15.5. The van der Waals surface area contributed by atoms with E-state index in [1.165, 1.54) is 19.8 Å². The summed E-state index contributed by atoms with van der Waals surface area (Å²) in [5, 5.41) is 0. The maximum atomic E-state index is 12.1. The molecule has 0 radical (unpaired) electrons. The molecule has 1 aliphatic carbocycles. The third kappa shape index (κ3) is 5.84. The summed E-state index contributed by atoms with van der Waals surface area (Å²) in [5.41, 5.74) is 2.57. The minimum atomic E-state index is -0.288. The number of allylic oxidation sites excluding steroid dienone is 4. The van der Waals surface area contributed by atoms with Gasteiger partial charge in [-0.15, -0.1) is 0 Å². The molecule has 0 N–H and O–H groups in total. The van der Waals surface area contributed by atoms with Gasteiger partial charge in [0, 0.05) is 11.1 Å². The Kier molecular flexibility index (Phi) is 7.64. The quantitative estimate of drug-likeness (QED) is 0.563. The van der Waals surface area contributed by atoms with Gasteiger partial charge in [0.25, 0.3) is 0 Å². The fraction of sp³-hybridized carbons (Fsp3) is 0.619. The van der Waals surface area contributed by atoms with Crippen molar-refractivity contribution in [2.45, 2.75) is 64.6 Å². The van der Waals surface area contributed by atoms with Crippen molar-refractivity contribution in [1.29, 1.82) is 0 Å². The van der Waals surface area contributed by atoms with Gasteiger partial charge in [-0.2, -0.15) is 0 Å². The van der Waals surface area contributed by atoms with Gasteiger partial charge in [0.2, 0.25) is 0 Å². The molecule has 1 saturated heterocycles. The van der Waals surface area contributed by atoms with Crippen molar-refractivity contribution in [3.05, 3.63) is 34.9 Å². The highest BCUT2D eigenvalue weighted by molar-refractivity contribution is 5.89. The van der Waals surface area contributed by atoms with Crippen LogP contribution < -0.4 is 0 Å². The molecule has 1 fully saturated rings. The van der Waals surface area contributed by atoms with Crippen LogP contribution in [0, 0.1) is 5.92 Å². The molecule has 1 heterocycles. The number of carbonyl (C=O) groups is 2. The highest BCUT2D eigenvalue weighted by Gasteiger charge is 2.37. The van der Waals surface area contributed by atoms with Gasteiger partial charge in [-0.1, -0.05) is 37.6 Å².